The monoisotopic (exact) mass is 887 g/mol. The Bertz CT molecular complexity index is 1020. The van der Waals surface area contributed by atoms with E-state index >= 15 is 0 Å². The van der Waals surface area contributed by atoms with Crippen LogP contribution in [-0.4, -0.2) is 37.2 Å². The van der Waals surface area contributed by atoms with Crippen LogP contribution in [0.5, 0.6) is 0 Å². The van der Waals surface area contributed by atoms with Crippen molar-refractivity contribution in [1.82, 2.24) is 0 Å². The van der Waals surface area contributed by atoms with Crippen molar-refractivity contribution in [1.29, 1.82) is 0 Å². The summed E-state index contributed by atoms with van der Waals surface area (Å²) in [5.74, 6) is -0.865. The van der Waals surface area contributed by atoms with Crippen LogP contribution >= 0.6 is 0 Å². The molecular weight excluding hydrogens is 781 g/mol. The lowest BCUT2D eigenvalue weighted by Gasteiger charge is -2.18. The minimum atomic E-state index is -0.771. The first kappa shape index (κ1) is 60.9. The number of ether oxygens (including phenoxy) is 3. The van der Waals surface area contributed by atoms with Gasteiger partial charge in [0.15, 0.2) is 6.10 Å². The van der Waals surface area contributed by atoms with Gasteiger partial charge in [0.1, 0.15) is 13.2 Å². The van der Waals surface area contributed by atoms with E-state index in [-0.39, 0.29) is 31.1 Å². The van der Waals surface area contributed by atoms with Gasteiger partial charge in [-0.2, -0.15) is 0 Å². The van der Waals surface area contributed by atoms with E-state index in [1.807, 2.05) is 0 Å². The first-order valence-electron chi connectivity index (χ1n) is 27.8. The van der Waals surface area contributed by atoms with E-state index in [2.05, 4.69) is 45.1 Å². The fraction of sp³-hybridized carbons (Fsp3) is 0.877. The molecule has 0 radical (unpaired) electrons. The van der Waals surface area contributed by atoms with Crippen LogP contribution in [0.2, 0.25) is 0 Å². The highest BCUT2D eigenvalue weighted by molar-refractivity contribution is 5.71. The first-order valence-corrected chi connectivity index (χ1v) is 27.8. The second-order valence-electron chi connectivity index (χ2n) is 18.9. The van der Waals surface area contributed by atoms with Gasteiger partial charge in [0.05, 0.1) is 0 Å². The lowest BCUT2D eigenvalue weighted by Crippen LogP contribution is -2.30. The predicted octanol–water partition coefficient (Wildman–Crippen LogP) is 18.3. The van der Waals surface area contributed by atoms with Gasteiger partial charge >= 0.3 is 17.9 Å². The highest BCUT2D eigenvalue weighted by atomic mass is 16.6. The molecule has 0 rings (SSSR count). The van der Waals surface area contributed by atoms with Crippen LogP contribution in [0.1, 0.15) is 303 Å². The summed E-state index contributed by atoms with van der Waals surface area (Å²) in [6, 6.07) is 0. The number of unbranched alkanes of at least 4 members (excludes halogenated alkanes) is 36. The molecule has 0 aliphatic carbocycles. The lowest BCUT2D eigenvalue weighted by atomic mass is 10.0. The Morgan fingerprint density at radius 2 is 0.571 bits per heavy atom. The molecular formula is C57H106O6. The Hall–Kier alpha value is -2.11. The number of allylic oxidation sites excluding steroid dienone is 4. The predicted molar refractivity (Wildman–Crippen MR) is 270 cm³/mol. The van der Waals surface area contributed by atoms with Crippen LogP contribution in [0.4, 0.5) is 0 Å². The maximum Gasteiger partial charge on any atom is 0.306 e. The maximum absolute atomic E-state index is 12.8. The summed E-state index contributed by atoms with van der Waals surface area (Å²) in [4.78, 5) is 38.1. The molecule has 0 aliphatic rings. The van der Waals surface area contributed by atoms with Crippen LogP contribution in [0.15, 0.2) is 24.3 Å². The number of esters is 3. The topological polar surface area (TPSA) is 78.9 Å². The van der Waals surface area contributed by atoms with Crippen molar-refractivity contribution in [3.8, 4) is 0 Å². The second-order valence-corrected chi connectivity index (χ2v) is 18.9. The van der Waals surface area contributed by atoms with Crippen molar-refractivity contribution in [3.63, 3.8) is 0 Å². The van der Waals surface area contributed by atoms with Gasteiger partial charge in [0, 0.05) is 19.3 Å². The Kier molecular flexibility index (Phi) is 50.8. The molecule has 63 heavy (non-hydrogen) atoms. The summed E-state index contributed by atoms with van der Waals surface area (Å²) in [6.45, 7) is 6.65. The molecule has 370 valence electrons. The molecule has 0 aromatic carbocycles. The van der Waals surface area contributed by atoms with Gasteiger partial charge in [-0.15, -0.1) is 0 Å². The quantitative estimate of drug-likeness (QED) is 0.0262. The average molecular weight is 887 g/mol. The van der Waals surface area contributed by atoms with Crippen molar-refractivity contribution < 1.29 is 28.6 Å². The van der Waals surface area contributed by atoms with Gasteiger partial charge in [0.2, 0.25) is 0 Å². The Balaban J connectivity index is 4.35. The molecule has 1 atom stereocenters. The normalized spacial score (nSPS) is 12.1. The highest BCUT2D eigenvalue weighted by Gasteiger charge is 2.19. The molecule has 6 heteroatoms. The smallest absolute Gasteiger partial charge is 0.306 e. The minimum Gasteiger partial charge on any atom is -0.462 e. The van der Waals surface area contributed by atoms with Gasteiger partial charge in [-0.05, 0) is 51.4 Å². The van der Waals surface area contributed by atoms with E-state index in [9.17, 15) is 14.4 Å². The molecule has 0 amide bonds. The third kappa shape index (κ3) is 50.7. The van der Waals surface area contributed by atoms with Gasteiger partial charge in [-0.25, -0.2) is 0 Å². The molecule has 0 spiro atoms. The van der Waals surface area contributed by atoms with E-state index in [4.69, 9.17) is 14.2 Å². The third-order valence-corrected chi connectivity index (χ3v) is 12.5. The molecule has 0 bridgehead atoms. The van der Waals surface area contributed by atoms with Crippen LogP contribution in [-0.2, 0) is 28.6 Å². The largest absolute Gasteiger partial charge is 0.462 e. The molecule has 0 N–H and O–H groups in total. The first-order chi connectivity index (χ1) is 31.0. The summed E-state index contributed by atoms with van der Waals surface area (Å²) in [6.07, 6.45) is 60.1. The molecule has 6 nitrogen and oxygen atoms in total. The minimum absolute atomic E-state index is 0.0703. The number of carbonyl (C=O) groups excluding carboxylic acids is 3. The standard InChI is InChI=1S/C57H106O6/c1-4-7-10-13-16-19-22-25-28-31-34-37-40-43-46-49-55(58)61-52-54(63-57(60)51-48-45-42-39-36-33-30-27-24-21-18-15-12-9-6-3)53-62-56(59)50-47-44-41-38-35-32-29-26-23-20-17-14-11-8-5-2/h16,19,25,28,54H,4-15,17-18,20-24,26-27,29-53H2,1-3H3/b19-16-,28-25-/t54-/m1/s1. The number of rotatable bonds is 51. The maximum atomic E-state index is 12.8. The summed E-state index contributed by atoms with van der Waals surface area (Å²) in [5, 5.41) is 0. The summed E-state index contributed by atoms with van der Waals surface area (Å²) in [7, 11) is 0. The van der Waals surface area contributed by atoms with Crippen LogP contribution in [0, 0.1) is 0 Å². The fourth-order valence-corrected chi connectivity index (χ4v) is 8.24. The molecule has 0 saturated heterocycles. The average Bonchev–Trinajstić information content (AvgIpc) is 3.28. The Labute approximate surface area is 392 Å². The highest BCUT2D eigenvalue weighted by Crippen LogP contribution is 2.17. The van der Waals surface area contributed by atoms with Crippen molar-refractivity contribution in [2.24, 2.45) is 0 Å². The molecule has 0 aliphatic heterocycles. The number of carbonyl (C=O) groups is 3. The van der Waals surface area contributed by atoms with E-state index < -0.39 is 6.10 Å². The summed E-state index contributed by atoms with van der Waals surface area (Å²) >= 11 is 0. The summed E-state index contributed by atoms with van der Waals surface area (Å²) in [5.41, 5.74) is 0. The number of hydrogen-bond donors (Lipinski definition) is 0. The van der Waals surface area contributed by atoms with E-state index in [0.717, 1.165) is 77.0 Å². The zero-order valence-corrected chi connectivity index (χ0v) is 42.4. The lowest BCUT2D eigenvalue weighted by molar-refractivity contribution is -0.167. The van der Waals surface area contributed by atoms with Crippen molar-refractivity contribution in [3.05, 3.63) is 24.3 Å². The van der Waals surface area contributed by atoms with Gasteiger partial charge in [-0.1, -0.05) is 257 Å². The van der Waals surface area contributed by atoms with Gasteiger partial charge < -0.3 is 14.2 Å². The molecule has 0 fully saturated rings. The molecule has 0 aromatic rings. The van der Waals surface area contributed by atoms with E-state index in [1.54, 1.807) is 0 Å². The number of hydrogen-bond acceptors (Lipinski definition) is 6. The zero-order chi connectivity index (χ0) is 45.8. The SMILES string of the molecule is CCCCC/C=C\C/C=C\CCCCCCCC(=O)OC[C@H](COC(=O)CCCCCCCCCCCCCCCCC)OC(=O)CCCCCCCCCCCCCCCCC. The molecule has 0 unspecified atom stereocenters. The molecule has 0 saturated carbocycles. The van der Waals surface area contributed by atoms with Crippen LogP contribution in [0.3, 0.4) is 0 Å². The Morgan fingerprint density at radius 1 is 0.317 bits per heavy atom. The van der Waals surface area contributed by atoms with Crippen molar-refractivity contribution in [2.75, 3.05) is 13.2 Å². The molecule has 0 aromatic heterocycles. The fourth-order valence-electron chi connectivity index (χ4n) is 8.24. The molecule has 0 heterocycles. The third-order valence-electron chi connectivity index (χ3n) is 12.5. The summed E-state index contributed by atoms with van der Waals surface area (Å²) < 4.78 is 16.8. The van der Waals surface area contributed by atoms with Crippen molar-refractivity contribution in [2.45, 2.75) is 309 Å². The van der Waals surface area contributed by atoms with Crippen molar-refractivity contribution >= 4 is 17.9 Å². The van der Waals surface area contributed by atoms with E-state index in [0.29, 0.717) is 19.3 Å². The van der Waals surface area contributed by atoms with Gasteiger partial charge in [-0.3, -0.25) is 14.4 Å². The van der Waals surface area contributed by atoms with Gasteiger partial charge in [0.25, 0.3) is 0 Å². The van der Waals surface area contributed by atoms with Crippen LogP contribution < -0.4 is 0 Å². The second kappa shape index (κ2) is 52.5. The Morgan fingerprint density at radius 3 is 0.905 bits per heavy atom. The zero-order valence-electron chi connectivity index (χ0n) is 42.4. The van der Waals surface area contributed by atoms with E-state index in [1.165, 1.54) is 186 Å². The van der Waals surface area contributed by atoms with Crippen LogP contribution in [0.25, 0.3) is 0 Å².